The van der Waals surface area contributed by atoms with E-state index in [1.165, 1.54) is 0 Å². The molecule has 1 heterocycles. The molecular formula is C16H31ClN4O2. The van der Waals surface area contributed by atoms with Crippen molar-refractivity contribution in [1.29, 1.82) is 0 Å². The summed E-state index contributed by atoms with van der Waals surface area (Å²) in [6.45, 7) is 7.37. The van der Waals surface area contributed by atoms with E-state index in [4.69, 9.17) is 0 Å². The highest BCUT2D eigenvalue weighted by Crippen LogP contribution is 2.31. The molecule has 0 bridgehead atoms. The summed E-state index contributed by atoms with van der Waals surface area (Å²) in [7, 11) is 0. The Morgan fingerprint density at radius 2 is 1.65 bits per heavy atom. The Labute approximate surface area is 145 Å². The Morgan fingerprint density at radius 1 is 1.04 bits per heavy atom. The van der Waals surface area contributed by atoms with E-state index in [0.717, 1.165) is 51.6 Å². The van der Waals surface area contributed by atoms with Crippen molar-refractivity contribution in [1.82, 2.24) is 21.3 Å². The van der Waals surface area contributed by atoms with Gasteiger partial charge in [-0.05, 0) is 51.1 Å². The number of nitrogens with one attached hydrogen (secondary N) is 4. The van der Waals surface area contributed by atoms with Crippen LogP contribution in [-0.4, -0.2) is 43.7 Å². The van der Waals surface area contributed by atoms with E-state index >= 15 is 0 Å². The van der Waals surface area contributed by atoms with Gasteiger partial charge in [-0.2, -0.15) is 0 Å². The standard InChI is InChI=1S/C16H30N4O2.ClH/c1-3-18-14(22)20-16(6-4-5-7-16)13(21)19-12-15(2)8-10-17-11-9-15;/h17H,3-12H2,1-2H3,(H,19,21)(H2,18,20,22);1H. The summed E-state index contributed by atoms with van der Waals surface area (Å²) in [6, 6.07) is -0.243. The molecule has 0 atom stereocenters. The summed E-state index contributed by atoms with van der Waals surface area (Å²) in [5.41, 5.74) is -0.561. The average molecular weight is 347 g/mol. The van der Waals surface area contributed by atoms with Crippen LogP contribution in [0.25, 0.3) is 0 Å². The topological polar surface area (TPSA) is 82.3 Å². The molecule has 3 amide bonds. The smallest absolute Gasteiger partial charge is 0.315 e. The van der Waals surface area contributed by atoms with E-state index in [1.54, 1.807) is 0 Å². The van der Waals surface area contributed by atoms with Crippen molar-refractivity contribution < 1.29 is 9.59 Å². The first-order chi connectivity index (χ1) is 10.5. The molecule has 1 aliphatic heterocycles. The maximum absolute atomic E-state index is 12.7. The first-order valence-corrected chi connectivity index (χ1v) is 8.55. The molecule has 0 aromatic heterocycles. The molecule has 1 aliphatic carbocycles. The highest BCUT2D eigenvalue weighted by Gasteiger charge is 2.43. The van der Waals surface area contributed by atoms with Gasteiger partial charge in [0.05, 0.1) is 0 Å². The lowest BCUT2D eigenvalue weighted by Gasteiger charge is -2.36. The Kier molecular flexibility index (Phi) is 7.61. The fraction of sp³-hybridized carbons (Fsp3) is 0.875. The molecule has 2 rings (SSSR count). The molecule has 23 heavy (non-hydrogen) atoms. The minimum atomic E-state index is -0.720. The number of piperidine rings is 1. The first-order valence-electron chi connectivity index (χ1n) is 8.55. The normalized spacial score (nSPS) is 21.8. The van der Waals surface area contributed by atoms with Gasteiger partial charge in [-0.3, -0.25) is 4.79 Å². The minimum absolute atomic E-state index is 0. The van der Waals surface area contributed by atoms with Crippen LogP contribution in [0.3, 0.4) is 0 Å². The lowest BCUT2D eigenvalue weighted by molar-refractivity contribution is -0.127. The average Bonchev–Trinajstić information content (AvgIpc) is 2.95. The van der Waals surface area contributed by atoms with Crippen LogP contribution in [0, 0.1) is 5.41 Å². The summed E-state index contributed by atoms with van der Waals surface area (Å²) in [4.78, 5) is 24.6. The van der Waals surface area contributed by atoms with Gasteiger partial charge in [0.15, 0.2) is 0 Å². The maximum atomic E-state index is 12.7. The van der Waals surface area contributed by atoms with Crippen LogP contribution >= 0.6 is 12.4 Å². The second-order valence-corrected chi connectivity index (χ2v) is 7.02. The van der Waals surface area contributed by atoms with E-state index in [2.05, 4.69) is 28.2 Å². The number of amides is 3. The number of carbonyl (C=O) groups excluding carboxylic acids is 2. The number of carbonyl (C=O) groups is 2. The Morgan fingerprint density at radius 3 is 2.22 bits per heavy atom. The molecule has 0 aromatic rings. The molecule has 1 saturated carbocycles. The molecule has 0 radical (unpaired) electrons. The van der Waals surface area contributed by atoms with E-state index in [9.17, 15) is 9.59 Å². The van der Waals surface area contributed by atoms with Crippen molar-refractivity contribution in [3.05, 3.63) is 0 Å². The Balaban J connectivity index is 0.00000264. The monoisotopic (exact) mass is 346 g/mol. The second kappa shape index (κ2) is 8.73. The van der Waals surface area contributed by atoms with Gasteiger partial charge < -0.3 is 21.3 Å². The van der Waals surface area contributed by atoms with Crippen molar-refractivity contribution in [3.63, 3.8) is 0 Å². The van der Waals surface area contributed by atoms with Gasteiger partial charge in [0.2, 0.25) is 5.91 Å². The lowest BCUT2D eigenvalue weighted by atomic mass is 9.80. The lowest BCUT2D eigenvalue weighted by Crippen LogP contribution is -2.60. The first kappa shape index (κ1) is 20.0. The van der Waals surface area contributed by atoms with Crippen molar-refractivity contribution in [3.8, 4) is 0 Å². The SMILES string of the molecule is CCNC(=O)NC1(C(=O)NCC2(C)CCNCC2)CCCC1.Cl. The van der Waals surface area contributed by atoms with Crippen molar-refractivity contribution in [2.45, 2.75) is 57.9 Å². The summed E-state index contributed by atoms with van der Waals surface area (Å²) in [5.74, 6) is -0.0176. The number of halogens is 1. The van der Waals surface area contributed by atoms with E-state index < -0.39 is 5.54 Å². The van der Waals surface area contributed by atoms with E-state index in [1.807, 2.05) is 6.92 Å². The Bertz CT molecular complexity index is 405. The molecule has 1 saturated heterocycles. The number of rotatable bonds is 5. The molecule has 0 aromatic carbocycles. The largest absolute Gasteiger partial charge is 0.354 e. The van der Waals surface area contributed by atoms with Gasteiger partial charge in [-0.15, -0.1) is 12.4 Å². The molecule has 6 nitrogen and oxygen atoms in total. The van der Waals surface area contributed by atoms with Gasteiger partial charge in [0.1, 0.15) is 5.54 Å². The van der Waals surface area contributed by atoms with E-state index in [0.29, 0.717) is 13.1 Å². The highest BCUT2D eigenvalue weighted by atomic mass is 35.5. The minimum Gasteiger partial charge on any atom is -0.354 e. The number of urea groups is 1. The van der Waals surface area contributed by atoms with E-state index in [-0.39, 0.29) is 29.8 Å². The van der Waals surface area contributed by atoms with Crippen LogP contribution in [-0.2, 0) is 4.79 Å². The second-order valence-electron chi connectivity index (χ2n) is 7.02. The zero-order valence-electron chi connectivity index (χ0n) is 14.3. The van der Waals surface area contributed by atoms with Gasteiger partial charge in [-0.1, -0.05) is 19.8 Å². The van der Waals surface area contributed by atoms with Gasteiger partial charge >= 0.3 is 6.03 Å². The zero-order chi connectivity index (χ0) is 16.1. The van der Waals surface area contributed by atoms with Crippen LogP contribution in [0.5, 0.6) is 0 Å². The molecule has 0 spiro atoms. The third-order valence-corrected chi connectivity index (χ3v) is 5.07. The predicted molar refractivity (Wildman–Crippen MR) is 93.9 cm³/mol. The van der Waals surface area contributed by atoms with Gasteiger partial charge in [0.25, 0.3) is 0 Å². The summed E-state index contributed by atoms with van der Waals surface area (Å²) in [5, 5.41) is 12.1. The van der Waals surface area contributed by atoms with Crippen molar-refractivity contribution in [2.75, 3.05) is 26.2 Å². The summed E-state index contributed by atoms with van der Waals surface area (Å²) < 4.78 is 0. The van der Waals surface area contributed by atoms with Gasteiger partial charge in [-0.25, -0.2) is 4.79 Å². The molecular weight excluding hydrogens is 316 g/mol. The summed E-state index contributed by atoms with van der Waals surface area (Å²) >= 11 is 0. The van der Waals surface area contributed by atoms with Gasteiger partial charge in [0, 0.05) is 13.1 Å². The molecule has 2 fully saturated rings. The zero-order valence-corrected chi connectivity index (χ0v) is 15.1. The van der Waals surface area contributed by atoms with Crippen molar-refractivity contribution in [2.24, 2.45) is 5.41 Å². The molecule has 0 unspecified atom stereocenters. The molecule has 2 aliphatic rings. The number of hydrogen-bond acceptors (Lipinski definition) is 3. The van der Waals surface area contributed by atoms with Crippen LogP contribution in [0.2, 0.25) is 0 Å². The third-order valence-electron chi connectivity index (χ3n) is 5.07. The van der Waals surface area contributed by atoms with Crippen LogP contribution in [0.15, 0.2) is 0 Å². The number of hydrogen-bond donors (Lipinski definition) is 4. The highest BCUT2D eigenvalue weighted by molar-refractivity contribution is 5.91. The summed E-state index contributed by atoms with van der Waals surface area (Å²) in [6.07, 6.45) is 5.58. The van der Waals surface area contributed by atoms with Crippen molar-refractivity contribution >= 4 is 24.3 Å². The quantitative estimate of drug-likeness (QED) is 0.609. The van der Waals surface area contributed by atoms with Crippen LogP contribution < -0.4 is 21.3 Å². The third kappa shape index (κ3) is 5.24. The predicted octanol–water partition coefficient (Wildman–Crippen LogP) is 1.55. The van der Waals surface area contributed by atoms with Crippen LogP contribution in [0.4, 0.5) is 4.79 Å². The maximum Gasteiger partial charge on any atom is 0.315 e. The van der Waals surface area contributed by atoms with Crippen LogP contribution in [0.1, 0.15) is 52.4 Å². The fourth-order valence-electron chi connectivity index (χ4n) is 3.48. The molecule has 4 N–H and O–H groups in total. The molecule has 7 heteroatoms. The fourth-order valence-corrected chi connectivity index (χ4v) is 3.48. The Hall–Kier alpha value is -1.01. The molecule has 134 valence electrons.